The first kappa shape index (κ1) is 13.6. The summed E-state index contributed by atoms with van der Waals surface area (Å²) in [5.41, 5.74) is 9.58. The molecule has 3 nitrogen and oxygen atoms in total. The van der Waals surface area contributed by atoms with E-state index >= 15 is 0 Å². The van der Waals surface area contributed by atoms with Crippen LogP contribution in [0.1, 0.15) is 5.56 Å². The largest absolute Gasteiger partial charge is 0.399 e. The van der Waals surface area contributed by atoms with Crippen molar-refractivity contribution in [3.05, 3.63) is 88.6 Å². The molecular formula is C20H16N2O. The zero-order valence-corrected chi connectivity index (χ0v) is 12.6. The maximum absolute atomic E-state index is 12.8. The minimum absolute atomic E-state index is 0.0345. The monoisotopic (exact) mass is 300 g/mol. The van der Waals surface area contributed by atoms with Crippen molar-refractivity contribution in [2.75, 3.05) is 5.73 Å². The van der Waals surface area contributed by atoms with Crippen LogP contribution in [0, 0.1) is 0 Å². The fourth-order valence-electron chi connectivity index (χ4n) is 3.08. The lowest BCUT2D eigenvalue weighted by Gasteiger charge is -2.15. The number of fused-ring (bicyclic) bond motifs is 2. The Morgan fingerprint density at radius 2 is 1.48 bits per heavy atom. The van der Waals surface area contributed by atoms with Gasteiger partial charge in [-0.3, -0.25) is 4.79 Å². The number of nitrogen functional groups attached to an aromatic ring is 1. The molecule has 1 heterocycles. The van der Waals surface area contributed by atoms with Crippen LogP contribution >= 0.6 is 0 Å². The van der Waals surface area contributed by atoms with Crippen molar-refractivity contribution in [2.45, 2.75) is 6.54 Å². The highest BCUT2D eigenvalue weighted by molar-refractivity contribution is 5.94. The molecule has 3 aromatic carbocycles. The summed E-state index contributed by atoms with van der Waals surface area (Å²) < 4.78 is 2.18. The minimum atomic E-state index is 0.0345. The smallest absolute Gasteiger partial charge is 0.197 e. The van der Waals surface area contributed by atoms with Crippen LogP contribution in [0.15, 0.2) is 77.6 Å². The van der Waals surface area contributed by atoms with E-state index in [1.165, 1.54) is 5.56 Å². The summed E-state index contributed by atoms with van der Waals surface area (Å²) in [5, 5.41) is 1.39. The van der Waals surface area contributed by atoms with Crippen molar-refractivity contribution in [2.24, 2.45) is 0 Å². The molecule has 0 aliphatic heterocycles. The van der Waals surface area contributed by atoms with Gasteiger partial charge in [-0.1, -0.05) is 42.5 Å². The summed E-state index contributed by atoms with van der Waals surface area (Å²) in [6.07, 6.45) is 0. The van der Waals surface area contributed by atoms with Gasteiger partial charge >= 0.3 is 0 Å². The predicted molar refractivity (Wildman–Crippen MR) is 95.7 cm³/mol. The van der Waals surface area contributed by atoms with Gasteiger partial charge in [0.25, 0.3) is 0 Å². The number of hydrogen-bond donors (Lipinski definition) is 1. The van der Waals surface area contributed by atoms with Crippen LogP contribution in [0.5, 0.6) is 0 Å². The lowest BCUT2D eigenvalue weighted by molar-refractivity contribution is 0.862. The van der Waals surface area contributed by atoms with Crippen LogP contribution in [0.4, 0.5) is 5.69 Å². The van der Waals surface area contributed by atoms with E-state index in [4.69, 9.17) is 5.73 Å². The van der Waals surface area contributed by atoms with E-state index in [1.807, 2.05) is 54.6 Å². The molecule has 0 saturated carbocycles. The van der Waals surface area contributed by atoms with Gasteiger partial charge in [-0.05, 0) is 35.9 Å². The third kappa shape index (κ3) is 2.27. The number of para-hydroxylation sites is 1. The molecule has 0 aliphatic carbocycles. The number of aromatic nitrogens is 1. The fourth-order valence-corrected chi connectivity index (χ4v) is 3.08. The van der Waals surface area contributed by atoms with Crippen LogP contribution in [0.3, 0.4) is 0 Å². The van der Waals surface area contributed by atoms with Crippen molar-refractivity contribution in [1.82, 2.24) is 4.57 Å². The summed E-state index contributed by atoms with van der Waals surface area (Å²) in [4.78, 5) is 12.8. The second kappa shape index (κ2) is 5.29. The van der Waals surface area contributed by atoms with Crippen LogP contribution in [-0.2, 0) is 6.54 Å². The Labute approximate surface area is 133 Å². The molecule has 1 aromatic heterocycles. The zero-order valence-electron chi connectivity index (χ0n) is 12.6. The maximum atomic E-state index is 12.8. The Balaban J connectivity index is 2.10. The number of nitrogens with two attached hydrogens (primary N) is 1. The molecule has 0 unspecified atom stereocenters. The third-order valence-corrected chi connectivity index (χ3v) is 4.18. The first-order chi connectivity index (χ1) is 11.2. The highest BCUT2D eigenvalue weighted by atomic mass is 16.1. The number of nitrogens with zero attached hydrogens (tertiary/aromatic N) is 1. The first-order valence-electron chi connectivity index (χ1n) is 7.59. The van der Waals surface area contributed by atoms with Crippen LogP contribution in [-0.4, -0.2) is 4.57 Å². The Kier molecular flexibility index (Phi) is 3.12. The SMILES string of the molecule is Nc1ccc2c(c1)c(=O)c1ccccc1n2Cc1ccccc1. The van der Waals surface area contributed by atoms with E-state index in [0.29, 0.717) is 17.6 Å². The average molecular weight is 300 g/mol. The van der Waals surface area contributed by atoms with Crippen LogP contribution in [0.2, 0.25) is 0 Å². The molecule has 0 spiro atoms. The topological polar surface area (TPSA) is 48.0 Å². The van der Waals surface area contributed by atoms with Crippen molar-refractivity contribution in [3.8, 4) is 0 Å². The molecule has 0 radical (unpaired) electrons. The second-order valence-corrected chi connectivity index (χ2v) is 5.69. The number of hydrogen-bond acceptors (Lipinski definition) is 2. The Bertz CT molecular complexity index is 1070. The molecule has 0 fully saturated rings. The van der Waals surface area contributed by atoms with Gasteiger partial charge in [0.15, 0.2) is 5.43 Å². The second-order valence-electron chi connectivity index (χ2n) is 5.69. The molecule has 3 heteroatoms. The van der Waals surface area contributed by atoms with E-state index in [9.17, 15) is 4.79 Å². The third-order valence-electron chi connectivity index (χ3n) is 4.18. The maximum Gasteiger partial charge on any atom is 0.197 e. The zero-order chi connectivity index (χ0) is 15.8. The fraction of sp³-hybridized carbons (Fsp3) is 0.0500. The molecule has 0 atom stereocenters. The summed E-state index contributed by atoms with van der Waals surface area (Å²) in [7, 11) is 0. The molecule has 0 saturated heterocycles. The van der Waals surface area contributed by atoms with Crippen LogP contribution < -0.4 is 11.2 Å². The van der Waals surface area contributed by atoms with Gasteiger partial charge in [-0.25, -0.2) is 0 Å². The average Bonchev–Trinajstić information content (AvgIpc) is 2.59. The Morgan fingerprint density at radius 3 is 2.30 bits per heavy atom. The Morgan fingerprint density at radius 1 is 0.783 bits per heavy atom. The van der Waals surface area contributed by atoms with Gasteiger partial charge in [0.05, 0.1) is 11.0 Å². The van der Waals surface area contributed by atoms with Crippen molar-refractivity contribution >= 4 is 27.5 Å². The standard InChI is InChI=1S/C20H16N2O/c21-15-10-11-19-17(12-15)20(23)16-8-4-5-9-18(16)22(19)13-14-6-2-1-3-7-14/h1-12H,13,21H2. The highest BCUT2D eigenvalue weighted by Crippen LogP contribution is 2.22. The van der Waals surface area contributed by atoms with Crippen molar-refractivity contribution < 1.29 is 0 Å². The summed E-state index contributed by atoms with van der Waals surface area (Å²) in [5.74, 6) is 0. The first-order valence-corrected chi connectivity index (χ1v) is 7.59. The molecule has 4 rings (SSSR count). The highest BCUT2D eigenvalue weighted by Gasteiger charge is 2.11. The van der Waals surface area contributed by atoms with Gasteiger partial charge < -0.3 is 10.3 Å². The molecule has 112 valence electrons. The number of anilines is 1. The summed E-state index contributed by atoms with van der Waals surface area (Å²) in [6.45, 7) is 0.710. The van der Waals surface area contributed by atoms with Gasteiger partial charge in [0.1, 0.15) is 0 Å². The summed E-state index contributed by atoms with van der Waals surface area (Å²) in [6, 6.07) is 23.5. The van der Waals surface area contributed by atoms with Gasteiger partial charge in [0.2, 0.25) is 0 Å². The van der Waals surface area contributed by atoms with E-state index < -0.39 is 0 Å². The van der Waals surface area contributed by atoms with Crippen molar-refractivity contribution in [3.63, 3.8) is 0 Å². The molecule has 0 bridgehead atoms. The van der Waals surface area contributed by atoms with E-state index in [2.05, 4.69) is 16.7 Å². The van der Waals surface area contributed by atoms with E-state index in [1.54, 1.807) is 6.07 Å². The molecular weight excluding hydrogens is 284 g/mol. The Hall–Kier alpha value is -3.07. The van der Waals surface area contributed by atoms with E-state index in [-0.39, 0.29) is 5.43 Å². The lowest BCUT2D eigenvalue weighted by atomic mass is 10.1. The van der Waals surface area contributed by atoms with Gasteiger partial charge in [-0.15, -0.1) is 0 Å². The van der Waals surface area contributed by atoms with Gasteiger partial charge in [0, 0.05) is 23.0 Å². The number of pyridine rings is 1. The number of benzene rings is 3. The van der Waals surface area contributed by atoms with Crippen LogP contribution in [0.25, 0.3) is 21.8 Å². The quantitative estimate of drug-likeness (QED) is 0.452. The molecule has 0 amide bonds. The molecule has 4 aromatic rings. The minimum Gasteiger partial charge on any atom is -0.399 e. The van der Waals surface area contributed by atoms with Gasteiger partial charge in [-0.2, -0.15) is 0 Å². The van der Waals surface area contributed by atoms with E-state index in [0.717, 1.165) is 16.4 Å². The molecule has 23 heavy (non-hydrogen) atoms. The number of rotatable bonds is 2. The van der Waals surface area contributed by atoms with Crippen molar-refractivity contribution in [1.29, 1.82) is 0 Å². The molecule has 0 aliphatic rings. The predicted octanol–water partition coefficient (Wildman–Crippen LogP) is 3.79. The molecule has 2 N–H and O–H groups in total. The summed E-state index contributed by atoms with van der Waals surface area (Å²) >= 11 is 0. The normalized spacial score (nSPS) is 11.1. The lowest BCUT2D eigenvalue weighted by Crippen LogP contribution is -2.12.